The molecule has 1 N–H and O–H groups in total. The lowest BCUT2D eigenvalue weighted by atomic mass is 10.0. The van der Waals surface area contributed by atoms with Crippen LogP contribution in [0.25, 0.3) is 10.9 Å². The van der Waals surface area contributed by atoms with Crippen LogP contribution < -0.4 is 0 Å². The van der Waals surface area contributed by atoms with Crippen LogP contribution in [0, 0.1) is 13.8 Å². The molecule has 1 aromatic carbocycles. The number of halogens is 1. The van der Waals surface area contributed by atoms with Crippen molar-refractivity contribution in [2.75, 3.05) is 0 Å². The van der Waals surface area contributed by atoms with Crippen molar-refractivity contribution < 1.29 is 4.79 Å². The van der Waals surface area contributed by atoms with Gasteiger partial charge >= 0.3 is 0 Å². The maximum atomic E-state index is 12.6. The second-order valence-corrected chi connectivity index (χ2v) is 5.85. The maximum Gasteiger partial charge on any atom is 0.206 e. The third-order valence-electron chi connectivity index (χ3n) is 3.26. The Morgan fingerprint density at radius 3 is 2.74 bits per heavy atom. The minimum atomic E-state index is -0.0105. The van der Waals surface area contributed by atoms with Crippen LogP contribution in [-0.4, -0.2) is 10.8 Å². The topological polar surface area (TPSA) is 32.9 Å². The molecule has 96 valence electrons. The van der Waals surface area contributed by atoms with Gasteiger partial charge in [-0.25, -0.2) is 0 Å². The van der Waals surface area contributed by atoms with Gasteiger partial charge in [-0.3, -0.25) is 4.79 Å². The SMILES string of the molecule is Cc1csc(C(=O)c2c[nH]c3cccc(C)c23)c1Cl. The average Bonchev–Trinajstić information content (AvgIpc) is 2.95. The summed E-state index contributed by atoms with van der Waals surface area (Å²) in [5.41, 5.74) is 3.71. The van der Waals surface area contributed by atoms with Crippen molar-refractivity contribution in [3.63, 3.8) is 0 Å². The van der Waals surface area contributed by atoms with E-state index in [1.54, 1.807) is 6.20 Å². The second-order valence-electron chi connectivity index (χ2n) is 4.59. The fraction of sp³-hybridized carbons (Fsp3) is 0.133. The number of hydrogen-bond acceptors (Lipinski definition) is 2. The summed E-state index contributed by atoms with van der Waals surface area (Å²) in [5, 5.41) is 3.46. The molecule has 2 aromatic heterocycles. The Balaban J connectivity index is 2.20. The van der Waals surface area contributed by atoms with Gasteiger partial charge in [-0.05, 0) is 36.4 Å². The highest BCUT2D eigenvalue weighted by atomic mass is 35.5. The predicted octanol–water partition coefficient (Wildman–Crippen LogP) is 4.73. The van der Waals surface area contributed by atoms with Gasteiger partial charge in [-0.2, -0.15) is 0 Å². The molecule has 0 unspecified atom stereocenters. The standard InChI is InChI=1S/C15H12ClNOS/c1-8-4-3-5-11-12(8)10(6-17-11)14(18)15-13(16)9(2)7-19-15/h3-7,17H,1-2H3. The Bertz CT molecular complexity index is 785. The zero-order chi connectivity index (χ0) is 13.6. The molecule has 3 rings (SSSR count). The molecule has 0 bridgehead atoms. The molecule has 0 aliphatic rings. The molecular formula is C15H12ClNOS. The quantitative estimate of drug-likeness (QED) is 0.680. The average molecular weight is 290 g/mol. The number of H-pyrrole nitrogens is 1. The lowest BCUT2D eigenvalue weighted by molar-refractivity contribution is 0.104. The first-order chi connectivity index (χ1) is 9.09. The number of aromatic nitrogens is 1. The molecule has 3 aromatic rings. The Hall–Kier alpha value is -1.58. The van der Waals surface area contributed by atoms with Crippen LogP contribution in [0.3, 0.4) is 0 Å². The molecule has 0 saturated carbocycles. The highest BCUT2D eigenvalue weighted by molar-refractivity contribution is 7.13. The van der Waals surface area contributed by atoms with Gasteiger partial charge in [0.1, 0.15) is 0 Å². The first kappa shape index (κ1) is 12.5. The number of benzene rings is 1. The van der Waals surface area contributed by atoms with E-state index in [1.807, 2.05) is 37.4 Å². The molecule has 0 amide bonds. The number of aryl methyl sites for hydroxylation is 2. The Morgan fingerprint density at radius 1 is 1.26 bits per heavy atom. The van der Waals surface area contributed by atoms with E-state index in [4.69, 9.17) is 11.6 Å². The van der Waals surface area contributed by atoms with Crippen LogP contribution in [0.5, 0.6) is 0 Å². The van der Waals surface area contributed by atoms with Crippen molar-refractivity contribution in [1.29, 1.82) is 0 Å². The fourth-order valence-corrected chi connectivity index (χ4v) is 3.48. The van der Waals surface area contributed by atoms with E-state index in [1.165, 1.54) is 11.3 Å². The number of ketones is 1. The van der Waals surface area contributed by atoms with E-state index in [-0.39, 0.29) is 5.78 Å². The summed E-state index contributed by atoms with van der Waals surface area (Å²) in [4.78, 5) is 16.4. The molecule has 4 heteroatoms. The van der Waals surface area contributed by atoms with Crippen LogP contribution in [0.15, 0.2) is 29.8 Å². The summed E-state index contributed by atoms with van der Waals surface area (Å²) in [5.74, 6) is -0.0105. The largest absolute Gasteiger partial charge is 0.360 e. The second kappa shape index (κ2) is 4.51. The Morgan fingerprint density at radius 2 is 2.05 bits per heavy atom. The lowest BCUT2D eigenvalue weighted by Crippen LogP contribution is -1.99. The summed E-state index contributed by atoms with van der Waals surface area (Å²) >= 11 is 7.59. The molecule has 0 aliphatic carbocycles. The van der Waals surface area contributed by atoms with E-state index in [0.717, 1.165) is 22.0 Å². The number of thiophene rings is 1. The molecule has 19 heavy (non-hydrogen) atoms. The lowest BCUT2D eigenvalue weighted by Gasteiger charge is -2.01. The summed E-state index contributed by atoms with van der Waals surface area (Å²) in [6, 6.07) is 5.96. The molecule has 0 aliphatic heterocycles. The van der Waals surface area contributed by atoms with Crippen LogP contribution in [0.4, 0.5) is 0 Å². The van der Waals surface area contributed by atoms with Crippen molar-refractivity contribution in [2.45, 2.75) is 13.8 Å². The number of hydrogen-bond donors (Lipinski definition) is 1. The first-order valence-corrected chi connectivity index (χ1v) is 7.20. The highest BCUT2D eigenvalue weighted by Gasteiger charge is 2.20. The fourth-order valence-electron chi connectivity index (χ4n) is 2.25. The molecule has 0 fully saturated rings. The predicted molar refractivity (Wildman–Crippen MR) is 80.5 cm³/mol. The molecule has 2 heterocycles. The zero-order valence-corrected chi connectivity index (χ0v) is 12.2. The van der Waals surface area contributed by atoms with Crippen LogP contribution >= 0.6 is 22.9 Å². The summed E-state index contributed by atoms with van der Waals surface area (Å²) in [6.07, 6.45) is 1.77. The normalized spacial score (nSPS) is 11.1. The molecule has 0 saturated heterocycles. The maximum absolute atomic E-state index is 12.6. The number of aromatic amines is 1. The minimum Gasteiger partial charge on any atom is -0.360 e. The molecule has 0 atom stereocenters. The zero-order valence-electron chi connectivity index (χ0n) is 10.6. The summed E-state index contributed by atoms with van der Waals surface area (Å²) < 4.78 is 0. The number of fused-ring (bicyclic) bond motifs is 1. The van der Waals surface area contributed by atoms with E-state index in [0.29, 0.717) is 15.5 Å². The monoisotopic (exact) mass is 289 g/mol. The van der Waals surface area contributed by atoms with Gasteiger partial charge < -0.3 is 4.98 Å². The van der Waals surface area contributed by atoms with Crippen LogP contribution in [0.2, 0.25) is 5.02 Å². The minimum absolute atomic E-state index is 0.0105. The van der Waals surface area contributed by atoms with Crippen molar-refractivity contribution in [3.05, 3.63) is 56.4 Å². The molecular weight excluding hydrogens is 278 g/mol. The molecule has 2 nitrogen and oxygen atoms in total. The van der Waals surface area contributed by atoms with E-state index in [2.05, 4.69) is 4.98 Å². The smallest absolute Gasteiger partial charge is 0.206 e. The highest BCUT2D eigenvalue weighted by Crippen LogP contribution is 2.32. The summed E-state index contributed by atoms with van der Waals surface area (Å²) in [6.45, 7) is 3.92. The van der Waals surface area contributed by atoms with Gasteiger partial charge in [-0.15, -0.1) is 11.3 Å². The van der Waals surface area contributed by atoms with Crippen LogP contribution in [-0.2, 0) is 0 Å². The van der Waals surface area contributed by atoms with Crippen molar-refractivity contribution in [3.8, 4) is 0 Å². The van der Waals surface area contributed by atoms with Crippen molar-refractivity contribution >= 4 is 39.6 Å². The van der Waals surface area contributed by atoms with Gasteiger partial charge in [0.15, 0.2) is 0 Å². The third-order valence-corrected chi connectivity index (χ3v) is 4.96. The van der Waals surface area contributed by atoms with Crippen molar-refractivity contribution in [1.82, 2.24) is 4.98 Å². The van der Waals surface area contributed by atoms with E-state index >= 15 is 0 Å². The van der Waals surface area contributed by atoms with E-state index in [9.17, 15) is 4.79 Å². The van der Waals surface area contributed by atoms with Gasteiger partial charge in [0.05, 0.1) is 9.90 Å². The van der Waals surface area contributed by atoms with Gasteiger partial charge in [0, 0.05) is 22.7 Å². The number of carbonyl (C=O) groups is 1. The Labute approximate surface area is 120 Å². The molecule has 0 spiro atoms. The van der Waals surface area contributed by atoms with Gasteiger partial charge in [0.2, 0.25) is 5.78 Å². The van der Waals surface area contributed by atoms with Gasteiger partial charge in [-0.1, -0.05) is 23.7 Å². The molecule has 0 radical (unpaired) electrons. The first-order valence-electron chi connectivity index (χ1n) is 5.94. The number of rotatable bonds is 2. The number of carbonyl (C=O) groups excluding carboxylic acids is 1. The summed E-state index contributed by atoms with van der Waals surface area (Å²) in [7, 11) is 0. The van der Waals surface area contributed by atoms with Crippen LogP contribution in [0.1, 0.15) is 26.4 Å². The van der Waals surface area contributed by atoms with Crippen molar-refractivity contribution in [2.24, 2.45) is 0 Å². The Kier molecular flexibility index (Phi) is 2.96. The number of nitrogens with one attached hydrogen (secondary N) is 1. The third kappa shape index (κ3) is 1.90. The van der Waals surface area contributed by atoms with Gasteiger partial charge in [0.25, 0.3) is 0 Å². The van der Waals surface area contributed by atoms with E-state index < -0.39 is 0 Å².